The fourth-order valence-corrected chi connectivity index (χ4v) is 11.1. The Hall–Kier alpha value is -3.02. The highest BCUT2D eigenvalue weighted by atomic mass is 16.2. The number of ketones is 1. The number of fused-ring (bicyclic) bond motifs is 1. The molecule has 4 saturated carbocycles. The van der Waals surface area contributed by atoms with Crippen LogP contribution < -0.4 is 21.3 Å². The maximum absolute atomic E-state index is 15.1. The normalized spacial score (nSPS) is 29.4. The van der Waals surface area contributed by atoms with Gasteiger partial charge < -0.3 is 26.2 Å². The van der Waals surface area contributed by atoms with Gasteiger partial charge in [-0.05, 0) is 100.0 Å². The number of hydrogen-bond acceptors (Lipinski definition) is 7. The van der Waals surface area contributed by atoms with E-state index in [0.29, 0.717) is 25.8 Å². The molecule has 5 amide bonds. The minimum absolute atomic E-state index is 0.0159. The van der Waals surface area contributed by atoms with Crippen LogP contribution >= 0.6 is 0 Å². The lowest BCUT2D eigenvalue weighted by molar-refractivity contribution is -0.145. The minimum atomic E-state index is -0.985. The molecule has 6 fully saturated rings. The zero-order valence-corrected chi connectivity index (χ0v) is 34.1. The van der Waals surface area contributed by atoms with Gasteiger partial charge in [-0.2, -0.15) is 0 Å². The van der Waals surface area contributed by atoms with Crippen LogP contribution in [0.25, 0.3) is 0 Å². The van der Waals surface area contributed by atoms with Gasteiger partial charge in [-0.1, -0.05) is 80.1 Å². The first-order valence-corrected chi connectivity index (χ1v) is 21.2. The number of likely N-dealkylation sites (N-methyl/N-ethyl adjacent to an activating group) is 1. The number of amides is 5. The van der Waals surface area contributed by atoms with Crippen LogP contribution in [-0.4, -0.2) is 102 Å². The Morgan fingerprint density at radius 1 is 0.778 bits per heavy atom. The Morgan fingerprint density at radius 2 is 1.43 bits per heavy atom. The summed E-state index contributed by atoms with van der Waals surface area (Å²) in [5, 5.41) is 12.0. The van der Waals surface area contributed by atoms with Gasteiger partial charge in [0.05, 0.1) is 12.1 Å². The van der Waals surface area contributed by atoms with Crippen LogP contribution in [-0.2, 0) is 28.8 Å². The predicted octanol–water partition coefficient (Wildman–Crippen LogP) is 4.00. The SMILES string of the molecule is CCC[C@H](NC(=O)[C@@H]1C[C@@]2(CN1C(=O)[C@@H](NC(=O)[C@@H](NC(=O)[C@@H]1CCCCN1C)C1CCCCC1)C(C)(C)C)C(C)(C)C21CCC1)C(=O)C(=O)NC1CC1. The van der Waals surface area contributed by atoms with E-state index in [1.807, 2.05) is 34.7 Å². The first-order valence-electron chi connectivity index (χ1n) is 21.2. The number of Topliss-reactive ketones (excluding diaryl/α,β-unsaturated/α-hetero) is 1. The summed E-state index contributed by atoms with van der Waals surface area (Å²) in [6.45, 7) is 13.4. The molecule has 6 rings (SSSR count). The van der Waals surface area contributed by atoms with E-state index < -0.39 is 47.2 Å². The van der Waals surface area contributed by atoms with Crippen LogP contribution in [0.15, 0.2) is 0 Å². The topological polar surface area (TPSA) is 157 Å². The van der Waals surface area contributed by atoms with Crippen LogP contribution in [0.4, 0.5) is 0 Å². The molecule has 54 heavy (non-hydrogen) atoms. The second-order valence-corrected chi connectivity index (χ2v) is 19.5. The lowest BCUT2D eigenvalue weighted by Gasteiger charge is -2.38. The maximum atomic E-state index is 15.1. The molecule has 0 bridgehead atoms. The smallest absolute Gasteiger partial charge is 0.289 e. The van der Waals surface area contributed by atoms with Crippen molar-refractivity contribution < 1.29 is 28.8 Å². The Balaban J connectivity index is 1.25. The lowest BCUT2D eigenvalue weighted by Crippen LogP contribution is -2.63. The van der Waals surface area contributed by atoms with E-state index >= 15 is 4.79 Å². The van der Waals surface area contributed by atoms with Crippen molar-refractivity contribution >= 4 is 35.3 Å². The van der Waals surface area contributed by atoms with Gasteiger partial charge in [0.15, 0.2) is 0 Å². The number of likely N-dealkylation sites (tertiary alicyclic amines) is 2. The summed E-state index contributed by atoms with van der Waals surface area (Å²) in [5.74, 6) is -2.59. The fraction of sp³-hybridized carbons (Fsp3) is 0.857. The predicted molar refractivity (Wildman–Crippen MR) is 206 cm³/mol. The summed E-state index contributed by atoms with van der Waals surface area (Å²) in [4.78, 5) is 87.6. The number of nitrogens with zero attached hydrogens (tertiary/aromatic N) is 2. The molecule has 12 nitrogen and oxygen atoms in total. The number of carbonyl (C=O) groups is 6. The number of hydrogen-bond donors (Lipinski definition) is 4. The summed E-state index contributed by atoms with van der Waals surface area (Å²) in [7, 11) is 1.96. The van der Waals surface area contributed by atoms with Crippen molar-refractivity contribution in [2.24, 2.45) is 27.6 Å². The van der Waals surface area contributed by atoms with E-state index in [0.717, 1.165) is 90.0 Å². The molecule has 2 saturated heterocycles. The second kappa shape index (κ2) is 15.5. The van der Waals surface area contributed by atoms with E-state index in [2.05, 4.69) is 40.0 Å². The van der Waals surface area contributed by atoms with E-state index in [4.69, 9.17) is 0 Å². The van der Waals surface area contributed by atoms with Gasteiger partial charge in [0.2, 0.25) is 29.4 Å². The molecule has 0 aromatic rings. The third-order valence-electron chi connectivity index (χ3n) is 14.9. The van der Waals surface area contributed by atoms with E-state index in [9.17, 15) is 24.0 Å². The standard InChI is InChI=1S/C42H68N6O6/c1-8-15-28(32(49)37(53)43-27-19-20-27)44-35(51)30-24-42(40(5,6)41(42)21-14-22-41)25-48(30)38(54)33(39(2,3)4)46-36(52)31(26-16-10-9-11-17-26)45-34(50)29-18-12-13-23-47(29)7/h26-31,33H,8-25H2,1-7H3,(H,43,53)(H,44,51)(H,45,50)(H,46,52)/t28-,29-,30-,31-,33+,42+/m0/s1. The Kier molecular flexibility index (Phi) is 11.7. The molecule has 302 valence electrons. The average Bonchev–Trinajstić information content (AvgIpc) is 3.93. The zero-order chi connectivity index (χ0) is 39.2. The van der Waals surface area contributed by atoms with E-state index in [1.165, 1.54) is 0 Å². The third kappa shape index (κ3) is 7.46. The molecule has 2 spiro atoms. The molecule has 6 atom stereocenters. The third-order valence-corrected chi connectivity index (χ3v) is 14.9. The van der Waals surface area contributed by atoms with Gasteiger partial charge in [0.1, 0.15) is 18.1 Å². The molecule has 4 N–H and O–H groups in total. The molecule has 6 aliphatic rings. The molecule has 2 heterocycles. The monoisotopic (exact) mass is 753 g/mol. The van der Waals surface area contributed by atoms with Crippen molar-refractivity contribution in [2.45, 2.75) is 181 Å². The van der Waals surface area contributed by atoms with Crippen molar-refractivity contribution in [3.63, 3.8) is 0 Å². The summed E-state index contributed by atoms with van der Waals surface area (Å²) in [6, 6.07) is -3.84. The molecule has 0 unspecified atom stereocenters. The first kappa shape index (κ1) is 40.6. The second-order valence-electron chi connectivity index (χ2n) is 19.5. The maximum Gasteiger partial charge on any atom is 0.289 e. The van der Waals surface area contributed by atoms with Gasteiger partial charge >= 0.3 is 0 Å². The highest BCUT2D eigenvalue weighted by Crippen LogP contribution is 2.88. The molecule has 0 radical (unpaired) electrons. The van der Waals surface area contributed by atoms with Gasteiger partial charge in [-0.15, -0.1) is 0 Å². The molecule has 0 aromatic heterocycles. The summed E-state index contributed by atoms with van der Waals surface area (Å²) in [6.07, 6.45) is 13.8. The summed E-state index contributed by atoms with van der Waals surface area (Å²) in [5.41, 5.74) is -1.03. The molecular weight excluding hydrogens is 684 g/mol. The molecule has 4 aliphatic carbocycles. The molecule has 2 aliphatic heterocycles. The fourth-order valence-electron chi connectivity index (χ4n) is 11.1. The number of nitrogens with one attached hydrogen (secondary N) is 4. The average molecular weight is 753 g/mol. The lowest BCUT2D eigenvalue weighted by atomic mass is 9.73. The Morgan fingerprint density at radius 3 is 1.98 bits per heavy atom. The van der Waals surface area contributed by atoms with Gasteiger partial charge in [0.25, 0.3) is 5.91 Å². The molecule has 0 aromatic carbocycles. The largest absolute Gasteiger partial charge is 0.347 e. The number of piperidine rings is 1. The molecular formula is C42H68N6O6. The quantitative estimate of drug-likeness (QED) is 0.207. The highest BCUT2D eigenvalue weighted by Gasteiger charge is 2.85. The Labute approximate surface area is 322 Å². The van der Waals surface area contributed by atoms with Crippen LogP contribution in [0.2, 0.25) is 0 Å². The summed E-state index contributed by atoms with van der Waals surface area (Å²) >= 11 is 0. The Bertz CT molecular complexity index is 1480. The van der Waals surface area contributed by atoms with Crippen molar-refractivity contribution in [3.8, 4) is 0 Å². The van der Waals surface area contributed by atoms with Gasteiger partial charge in [-0.3, -0.25) is 33.7 Å². The van der Waals surface area contributed by atoms with Crippen molar-refractivity contribution in [1.82, 2.24) is 31.1 Å². The van der Waals surface area contributed by atoms with Gasteiger partial charge in [0, 0.05) is 18.0 Å². The van der Waals surface area contributed by atoms with E-state index in [1.54, 1.807) is 4.90 Å². The first-order chi connectivity index (χ1) is 25.5. The zero-order valence-electron chi connectivity index (χ0n) is 34.1. The summed E-state index contributed by atoms with van der Waals surface area (Å²) < 4.78 is 0. The minimum Gasteiger partial charge on any atom is -0.347 e. The van der Waals surface area contributed by atoms with Crippen LogP contribution in [0.5, 0.6) is 0 Å². The van der Waals surface area contributed by atoms with Crippen molar-refractivity contribution in [3.05, 3.63) is 0 Å². The number of rotatable bonds is 13. The van der Waals surface area contributed by atoms with Crippen LogP contribution in [0.3, 0.4) is 0 Å². The van der Waals surface area contributed by atoms with Crippen molar-refractivity contribution in [2.75, 3.05) is 20.1 Å². The highest BCUT2D eigenvalue weighted by molar-refractivity contribution is 6.38. The van der Waals surface area contributed by atoms with E-state index in [-0.39, 0.29) is 52.0 Å². The van der Waals surface area contributed by atoms with Crippen LogP contribution in [0.1, 0.15) is 144 Å². The van der Waals surface area contributed by atoms with Gasteiger partial charge in [-0.25, -0.2) is 0 Å². The van der Waals surface area contributed by atoms with Crippen molar-refractivity contribution in [1.29, 1.82) is 0 Å². The number of carbonyl (C=O) groups excluding carboxylic acids is 6. The molecule has 12 heteroatoms. The van der Waals surface area contributed by atoms with Crippen LogP contribution in [0, 0.1) is 27.6 Å².